The average molecular weight is 130 g/mol. The van der Waals surface area contributed by atoms with E-state index in [0.29, 0.717) is 17.9 Å². The van der Waals surface area contributed by atoms with Crippen LogP contribution in [0, 0.1) is 11.8 Å². The molecular formula is C7H14O2. The van der Waals surface area contributed by atoms with Crippen molar-refractivity contribution in [3.8, 4) is 0 Å². The predicted molar refractivity (Wildman–Crippen MR) is 34.9 cm³/mol. The Morgan fingerprint density at radius 2 is 2.33 bits per heavy atom. The maximum absolute atomic E-state index is 8.35. The van der Waals surface area contributed by atoms with Crippen LogP contribution >= 0.6 is 0 Å². The summed E-state index contributed by atoms with van der Waals surface area (Å²) >= 11 is 0. The van der Waals surface area contributed by atoms with E-state index in [1.54, 1.807) is 0 Å². The second-order valence-electron chi connectivity index (χ2n) is 2.98. The highest BCUT2D eigenvalue weighted by molar-refractivity contribution is 4.89. The van der Waals surface area contributed by atoms with Crippen molar-refractivity contribution in [3.63, 3.8) is 0 Å². The lowest BCUT2D eigenvalue weighted by Gasteiger charge is -2.01. The zero-order chi connectivity index (χ0) is 6.85. The molecule has 1 aliphatic rings. The standard InChI is InChI=1S/C7H14O2/c1-5(2)6-3-7(6)9-4-8/h5-8H,3-4H2,1-2H3/t6-,7+/m1/s1. The summed E-state index contributed by atoms with van der Waals surface area (Å²) < 4.78 is 4.98. The molecule has 0 aromatic heterocycles. The van der Waals surface area contributed by atoms with Gasteiger partial charge in [-0.2, -0.15) is 0 Å². The quantitative estimate of drug-likeness (QED) is 0.577. The molecule has 1 N–H and O–H groups in total. The van der Waals surface area contributed by atoms with Gasteiger partial charge in [0.25, 0.3) is 0 Å². The van der Waals surface area contributed by atoms with Crippen molar-refractivity contribution in [3.05, 3.63) is 0 Å². The topological polar surface area (TPSA) is 29.5 Å². The Bertz CT molecular complexity index is 90.9. The number of aliphatic hydroxyl groups is 1. The van der Waals surface area contributed by atoms with Gasteiger partial charge in [-0.25, -0.2) is 0 Å². The highest BCUT2D eigenvalue weighted by Crippen LogP contribution is 2.39. The fourth-order valence-electron chi connectivity index (χ4n) is 1.18. The van der Waals surface area contributed by atoms with Crippen LogP contribution < -0.4 is 0 Å². The minimum Gasteiger partial charge on any atom is -0.371 e. The monoisotopic (exact) mass is 130 g/mol. The summed E-state index contributed by atoms with van der Waals surface area (Å²) in [4.78, 5) is 0. The Kier molecular flexibility index (Phi) is 2.09. The van der Waals surface area contributed by atoms with Gasteiger partial charge in [0.1, 0.15) is 6.79 Å². The lowest BCUT2D eigenvalue weighted by molar-refractivity contribution is -0.0191. The molecular weight excluding hydrogens is 116 g/mol. The van der Waals surface area contributed by atoms with Crippen molar-refractivity contribution >= 4 is 0 Å². The molecule has 1 aliphatic carbocycles. The van der Waals surface area contributed by atoms with Gasteiger partial charge >= 0.3 is 0 Å². The maximum atomic E-state index is 8.35. The molecule has 0 aromatic rings. The molecule has 1 saturated carbocycles. The molecule has 2 atom stereocenters. The van der Waals surface area contributed by atoms with E-state index in [-0.39, 0.29) is 6.79 Å². The molecule has 2 heteroatoms. The zero-order valence-corrected chi connectivity index (χ0v) is 6.00. The number of ether oxygens (including phenoxy) is 1. The second kappa shape index (κ2) is 2.67. The molecule has 0 aliphatic heterocycles. The molecule has 0 aromatic carbocycles. The van der Waals surface area contributed by atoms with E-state index in [4.69, 9.17) is 9.84 Å². The fourth-order valence-corrected chi connectivity index (χ4v) is 1.18. The number of rotatable bonds is 3. The lowest BCUT2D eigenvalue weighted by Crippen LogP contribution is -2.01. The molecule has 0 saturated heterocycles. The molecule has 0 radical (unpaired) electrons. The lowest BCUT2D eigenvalue weighted by atomic mass is 10.1. The van der Waals surface area contributed by atoms with E-state index in [0.717, 1.165) is 6.42 Å². The van der Waals surface area contributed by atoms with Gasteiger partial charge in [0, 0.05) is 0 Å². The van der Waals surface area contributed by atoms with Gasteiger partial charge in [-0.1, -0.05) is 13.8 Å². The van der Waals surface area contributed by atoms with Crippen LogP contribution in [0.5, 0.6) is 0 Å². The van der Waals surface area contributed by atoms with Gasteiger partial charge in [-0.15, -0.1) is 0 Å². The van der Waals surface area contributed by atoms with Crippen molar-refractivity contribution in [1.82, 2.24) is 0 Å². The summed E-state index contributed by atoms with van der Waals surface area (Å²) in [6.07, 6.45) is 1.49. The molecule has 0 bridgehead atoms. The van der Waals surface area contributed by atoms with Crippen LogP contribution in [0.15, 0.2) is 0 Å². The molecule has 0 amide bonds. The van der Waals surface area contributed by atoms with Gasteiger partial charge < -0.3 is 9.84 Å². The van der Waals surface area contributed by atoms with Crippen molar-refractivity contribution in [2.45, 2.75) is 26.4 Å². The van der Waals surface area contributed by atoms with E-state index in [1.807, 2.05) is 0 Å². The predicted octanol–water partition coefficient (Wildman–Crippen LogP) is 0.997. The normalized spacial score (nSPS) is 33.3. The first-order valence-electron chi connectivity index (χ1n) is 3.48. The van der Waals surface area contributed by atoms with Crippen molar-refractivity contribution in [2.75, 3.05) is 6.79 Å². The smallest absolute Gasteiger partial charge is 0.143 e. The van der Waals surface area contributed by atoms with Gasteiger partial charge in [-0.3, -0.25) is 0 Å². The fraction of sp³-hybridized carbons (Fsp3) is 1.00. The first-order valence-corrected chi connectivity index (χ1v) is 3.48. The van der Waals surface area contributed by atoms with E-state index >= 15 is 0 Å². The highest BCUT2D eigenvalue weighted by Gasteiger charge is 2.39. The third kappa shape index (κ3) is 1.66. The van der Waals surface area contributed by atoms with Crippen LogP contribution in [-0.2, 0) is 4.74 Å². The Morgan fingerprint density at radius 1 is 1.67 bits per heavy atom. The minimum absolute atomic E-state index is 0.117. The van der Waals surface area contributed by atoms with Crippen molar-refractivity contribution in [2.24, 2.45) is 11.8 Å². The summed E-state index contributed by atoms with van der Waals surface area (Å²) in [5.74, 6) is 1.42. The summed E-state index contributed by atoms with van der Waals surface area (Å²) in [6, 6.07) is 0. The van der Waals surface area contributed by atoms with E-state index in [9.17, 15) is 0 Å². The minimum atomic E-state index is -0.117. The number of aliphatic hydroxyl groups excluding tert-OH is 1. The SMILES string of the molecule is CC(C)[C@H]1C[C@@H]1OCO. The summed E-state index contributed by atoms with van der Waals surface area (Å²) in [6.45, 7) is 4.25. The third-order valence-electron chi connectivity index (χ3n) is 1.92. The molecule has 0 unspecified atom stereocenters. The Balaban J connectivity index is 2.09. The van der Waals surface area contributed by atoms with E-state index in [2.05, 4.69) is 13.8 Å². The maximum Gasteiger partial charge on any atom is 0.143 e. The van der Waals surface area contributed by atoms with Crippen LogP contribution in [0.25, 0.3) is 0 Å². The van der Waals surface area contributed by atoms with Crippen LogP contribution in [-0.4, -0.2) is 18.0 Å². The summed E-state index contributed by atoms with van der Waals surface area (Å²) in [5, 5.41) is 8.35. The molecule has 9 heavy (non-hydrogen) atoms. The zero-order valence-electron chi connectivity index (χ0n) is 6.00. The third-order valence-corrected chi connectivity index (χ3v) is 1.92. The van der Waals surface area contributed by atoms with Crippen molar-refractivity contribution in [1.29, 1.82) is 0 Å². The summed E-state index contributed by atoms with van der Waals surface area (Å²) in [7, 11) is 0. The summed E-state index contributed by atoms with van der Waals surface area (Å²) in [5.41, 5.74) is 0. The molecule has 54 valence electrons. The molecule has 1 rings (SSSR count). The Labute approximate surface area is 55.8 Å². The molecule has 0 heterocycles. The van der Waals surface area contributed by atoms with Gasteiger partial charge in [0.15, 0.2) is 0 Å². The number of hydrogen-bond acceptors (Lipinski definition) is 2. The van der Waals surface area contributed by atoms with Crippen molar-refractivity contribution < 1.29 is 9.84 Å². The van der Waals surface area contributed by atoms with E-state index in [1.165, 1.54) is 0 Å². The number of hydrogen-bond donors (Lipinski definition) is 1. The van der Waals surface area contributed by atoms with Gasteiger partial charge in [0.05, 0.1) is 6.10 Å². The van der Waals surface area contributed by atoms with Gasteiger partial charge in [0.2, 0.25) is 0 Å². The van der Waals surface area contributed by atoms with Crippen LogP contribution in [0.4, 0.5) is 0 Å². The second-order valence-corrected chi connectivity index (χ2v) is 2.98. The highest BCUT2D eigenvalue weighted by atomic mass is 16.6. The van der Waals surface area contributed by atoms with E-state index < -0.39 is 0 Å². The van der Waals surface area contributed by atoms with Crippen LogP contribution in [0.1, 0.15) is 20.3 Å². The Morgan fingerprint density at radius 3 is 2.67 bits per heavy atom. The largest absolute Gasteiger partial charge is 0.371 e. The molecule has 2 nitrogen and oxygen atoms in total. The molecule has 1 fully saturated rings. The molecule has 0 spiro atoms. The van der Waals surface area contributed by atoms with Crippen LogP contribution in [0.3, 0.4) is 0 Å². The first-order chi connectivity index (χ1) is 4.25. The van der Waals surface area contributed by atoms with Gasteiger partial charge in [-0.05, 0) is 18.3 Å². The van der Waals surface area contributed by atoms with Crippen LogP contribution in [0.2, 0.25) is 0 Å². The Hall–Kier alpha value is -0.0800. The average Bonchev–Trinajstić information content (AvgIpc) is 2.47. The first kappa shape index (κ1) is 7.03.